The number of hydrogen-bond acceptors (Lipinski definition) is 2. The van der Waals surface area contributed by atoms with Gasteiger partial charge in [0.1, 0.15) is 5.60 Å². The number of aromatic nitrogens is 1. The van der Waals surface area contributed by atoms with Gasteiger partial charge in [0.2, 0.25) is 0 Å². The topological polar surface area (TPSA) is 45.3 Å². The fourth-order valence-electron chi connectivity index (χ4n) is 1.91. The van der Waals surface area contributed by atoms with E-state index in [2.05, 4.69) is 11.1 Å². The van der Waals surface area contributed by atoms with Crippen LogP contribution in [0.25, 0.3) is 10.9 Å². The third-order valence-corrected chi connectivity index (χ3v) is 2.79. The van der Waals surface area contributed by atoms with Crippen LogP contribution in [0.4, 0.5) is 10.5 Å². The van der Waals surface area contributed by atoms with E-state index in [-0.39, 0.29) is 6.09 Å². The molecule has 0 aliphatic carbocycles. The van der Waals surface area contributed by atoms with Gasteiger partial charge in [0.15, 0.2) is 0 Å². The van der Waals surface area contributed by atoms with Crippen molar-refractivity contribution in [3.05, 3.63) is 30.0 Å². The van der Waals surface area contributed by atoms with Crippen molar-refractivity contribution in [2.75, 3.05) is 11.9 Å². The van der Waals surface area contributed by atoms with Crippen molar-refractivity contribution in [2.24, 2.45) is 0 Å². The Hall–Kier alpha value is -1.97. The Balaban J connectivity index is 2.25. The van der Waals surface area contributed by atoms with Gasteiger partial charge < -0.3 is 9.72 Å². The zero-order valence-electron chi connectivity index (χ0n) is 12.1. The van der Waals surface area contributed by atoms with Gasteiger partial charge in [-0.25, -0.2) is 4.79 Å². The molecule has 0 fully saturated rings. The molecule has 0 aliphatic heterocycles. The second-order valence-electron chi connectivity index (χ2n) is 5.76. The van der Waals surface area contributed by atoms with Crippen LogP contribution >= 0.6 is 0 Å². The first-order valence-corrected chi connectivity index (χ1v) is 6.32. The van der Waals surface area contributed by atoms with Gasteiger partial charge >= 0.3 is 6.09 Å². The maximum atomic E-state index is 12.0. The van der Waals surface area contributed by atoms with Crippen LogP contribution in [0.3, 0.4) is 0 Å². The SMILES string of the molecule is Cc1cc2cc(N(C)C(=O)OC(C)(C)C)ccc2[nH]1. The third-order valence-electron chi connectivity index (χ3n) is 2.79. The number of rotatable bonds is 1. The Morgan fingerprint density at radius 1 is 1.26 bits per heavy atom. The van der Waals surface area contributed by atoms with E-state index in [0.717, 1.165) is 22.3 Å². The molecular weight excluding hydrogens is 240 g/mol. The highest BCUT2D eigenvalue weighted by Gasteiger charge is 2.20. The minimum absolute atomic E-state index is 0.348. The summed E-state index contributed by atoms with van der Waals surface area (Å²) in [5.74, 6) is 0. The number of hydrogen-bond donors (Lipinski definition) is 1. The number of amides is 1. The largest absolute Gasteiger partial charge is 0.443 e. The van der Waals surface area contributed by atoms with Crippen molar-refractivity contribution in [3.8, 4) is 0 Å². The van der Waals surface area contributed by atoms with Crippen molar-refractivity contribution in [2.45, 2.75) is 33.3 Å². The van der Waals surface area contributed by atoms with Gasteiger partial charge in [-0.05, 0) is 52.0 Å². The first kappa shape index (κ1) is 13.5. The van der Waals surface area contributed by atoms with Gasteiger partial charge in [0.25, 0.3) is 0 Å². The first-order chi connectivity index (χ1) is 8.76. The number of benzene rings is 1. The van der Waals surface area contributed by atoms with Crippen LogP contribution in [-0.2, 0) is 4.74 Å². The molecule has 0 spiro atoms. The molecule has 1 aromatic heterocycles. The lowest BCUT2D eigenvalue weighted by Gasteiger charge is -2.24. The number of aromatic amines is 1. The molecule has 1 N–H and O–H groups in total. The molecular formula is C15H20N2O2. The molecule has 0 atom stereocenters. The number of H-pyrrole nitrogens is 1. The molecule has 1 heterocycles. The van der Waals surface area contributed by atoms with Crippen LogP contribution in [0.15, 0.2) is 24.3 Å². The lowest BCUT2D eigenvalue weighted by molar-refractivity contribution is 0.0589. The highest BCUT2D eigenvalue weighted by Crippen LogP contribution is 2.23. The van der Waals surface area contributed by atoms with Gasteiger partial charge in [0, 0.05) is 29.3 Å². The Morgan fingerprint density at radius 2 is 1.95 bits per heavy atom. The van der Waals surface area contributed by atoms with Gasteiger partial charge in [-0.2, -0.15) is 0 Å². The maximum absolute atomic E-state index is 12.0. The summed E-state index contributed by atoms with van der Waals surface area (Å²) in [6.45, 7) is 7.59. The van der Waals surface area contributed by atoms with Gasteiger partial charge in [-0.1, -0.05) is 0 Å². The third kappa shape index (κ3) is 3.08. The van der Waals surface area contributed by atoms with Crippen LogP contribution in [0, 0.1) is 6.92 Å². The molecule has 0 saturated heterocycles. The average Bonchev–Trinajstić information content (AvgIpc) is 2.64. The summed E-state index contributed by atoms with van der Waals surface area (Å²) in [5, 5.41) is 1.09. The van der Waals surface area contributed by atoms with E-state index in [1.165, 1.54) is 4.90 Å². The molecule has 1 aromatic carbocycles. The van der Waals surface area contributed by atoms with E-state index < -0.39 is 5.60 Å². The normalized spacial score (nSPS) is 11.6. The summed E-state index contributed by atoms with van der Waals surface area (Å²) in [6, 6.07) is 7.91. The quantitative estimate of drug-likeness (QED) is 0.846. The van der Waals surface area contributed by atoms with Crippen LogP contribution in [0.5, 0.6) is 0 Å². The second-order valence-corrected chi connectivity index (χ2v) is 5.76. The van der Waals surface area contributed by atoms with Gasteiger partial charge in [-0.15, -0.1) is 0 Å². The first-order valence-electron chi connectivity index (χ1n) is 6.32. The summed E-state index contributed by atoms with van der Waals surface area (Å²) in [6.07, 6.45) is -0.348. The zero-order chi connectivity index (χ0) is 14.2. The van der Waals surface area contributed by atoms with Crippen molar-refractivity contribution in [1.82, 2.24) is 4.98 Å². The number of nitrogens with zero attached hydrogens (tertiary/aromatic N) is 1. The molecule has 0 unspecified atom stereocenters. The lowest BCUT2D eigenvalue weighted by Crippen LogP contribution is -2.34. The van der Waals surface area contributed by atoms with Crippen molar-refractivity contribution >= 4 is 22.7 Å². The predicted molar refractivity (Wildman–Crippen MR) is 77.7 cm³/mol. The zero-order valence-corrected chi connectivity index (χ0v) is 12.1. The number of nitrogens with one attached hydrogen (secondary N) is 1. The number of ether oxygens (including phenoxy) is 1. The molecule has 0 radical (unpaired) electrons. The molecule has 4 heteroatoms. The van der Waals surface area contributed by atoms with E-state index in [0.29, 0.717) is 0 Å². The molecule has 4 nitrogen and oxygen atoms in total. The van der Waals surface area contributed by atoms with E-state index in [1.807, 2.05) is 45.9 Å². The van der Waals surface area contributed by atoms with E-state index in [4.69, 9.17) is 4.74 Å². The minimum atomic E-state index is -0.486. The summed E-state index contributed by atoms with van der Waals surface area (Å²) < 4.78 is 5.35. The van der Waals surface area contributed by atoms with Gasteiger partial charge in [0.05, 0.1) is 0 Å². The highest BCUT2D eigenvalue weighted by molar-refractivity contribution is 5.92. The summed E-state index contributed by atoms with van der Waals surface area (Å²) in [5.41, 5.74) is 2.51. The Morgan fingerprint density at radius 3 is 2.58 bits per heavy atom. The van der Waals surface area contributed by atoms with Crippen molar-refractivity contribution in [3.63, 3.8) is 0 Å². The molecule has 0 aliphatic rings. The van der Waals surface area contributed by atoms with E-state index in [1.54, 1.807) is 7.05 Å². The Labute approximate surface area is 113 Å². The molecule has 2 rings (SSSR count). The van der Waals surface area contributed by atoms with Crippen LogP contribution < -0.4 is 4.90 Å². The van der Waals surface area contributed by atoms with Gasteiger partial charge in [-0.3, -0.25) is 4.90 Å². The van der Waals surface area contributed by atoms with Crippen LogP contribution in [-0.4, -0.2) is 23.7 Å². The van der Waals surface area contributed by atoms with E-state index >= 15 is 0 Å². The predicted octanol–water partition coefficient (Wildman–Crippen LogP) is 3.85. The van der Waals surface area contributed by atoms with E-state index in [9.17, 15) is 4.79 Å². The second kappa shape index (κ2) is 4.61. The number of aryl methyl sites for hydroxylation is 1. The summed E-state index contributed by atoms with van der Waals surface area (Å²) in [4.78, 5) is 16.8. The average molecular weight is 260 g/mol. The number of anilines is 1. The van der Waals surface area contributed by atoms with Crippen molar-refractivity contribution in [1.29, 1.82) is 0 Å². The standard InChI is InChI=1S/C15H20N2O2/c1-10-8-11-9-12(6-7-13(11)16-10)17(5)14(18)19-15(2,3)4/h6-9,16H,1-5H3. The number of carbonyl (C=O) groups is 1. The van der Waals surface area contributed by atoms with Crippen LogP contribution in [0.1, 0.15) is 26.5 Å². The monoisotopic (exact) mass is 260 g/mol. The molecule has 1 amide bonds. The Kier molecular flexibility index (Phi) is 3.27. The molecule has 102 valence electrons. The molecule has 0 bridgehead atoms. The molecule has 19 heavy (non-hydrogen) atoms. The Bertz CT molecular complexity index is 608. The fourth-order valence-corrected chi connectivity index (χ4v) is 1.91. The number of carbonyl (C=O) groups excluding carboxylic acids is 1. The highest BCUT2D eigenvalue weighted by atomic mass is 16.6. The maximum Gasteiger partial charge on any atom is 0.414 e. The minimum Gasteiger partial charge on any atom is -0.443 e. The molecule has 0 saturated carbocycles. The molecule has 2 aromatic rings. The van der Waals surface area contributed by atoms with Crippen molar-refractivity contribution < 1.29 is 9.53 Å². The lowest BCUT2D eigenvalue weighted by atomic mass is 10.2. The van der Waals surface area contributed by atoms with Crippen LogP contribution in [0.2, 0.25) is 0 Å². The summed E-state index contributed by atoms with van der Waals surface area (Å²) in [7, 11) is 1.72. The summed E-state index contributed by atoms with van der Waals surface area (Å²) >= 11 is 0. The smallest absolute Gasteiger partial charge is 0.414 e. The number of fused-ring (bicyclic) bond motifs is 1. The fraction of sp³-hybridized carbons (Fsp3) is 0.400.